The molecule has 0 aromatic carbocycles. The molecule has 0 saturated heterocycles. The second-order valence-electron chi connectivity index (χ2n) is 1.18. The third-order valence-corrected chi connectivity index (χ3v) is 0.514. The molecule has 1 rings (SSSR count). The highest BCUT2D eigenvalue weighted by molar-refractivity contribution is 4.67. The molecule has 6 nitrogen and oxygen atoms in total. The van der Waals surface area contributed by atoms with E-state index < -0.39 is 5.09 Å². The topological polar surface area (TPSA) is 93.2 Å². The molecule has 1 heterocycles. The Balaban J connectivity index is 0.000000180. The lowest BCUT2D eigenvalue weighted by Gasteiger charge is -1.74. The minimum atomic E-state index is -1.75. The van der Waals surface area contributed by atoms with Gasteiger partial charge in [-0.2, -0.15) is 0 Å². The lowest BCUT2D eigenvalue weighted by molar-refractivity contribution is -0.402. The van der Waals surface area contributed by atoms with E-state index in [-0.39, 0.29) is 0 Å². The van der Waals surface area contributed by atoms with E-state index in [4.69, 9.17) is 15.3 Å². The Morgan fingerprint density at radius 2 is 2.10 bits per heavy atom. The van der Waals surface area contributed by atoms with Gasteiger partial charge < -0.3 is 15.3 Å². The quantitative estimate of drug-likeness (QED) is 0.366. The monoisotopic (exact) mass is 143 g/mol. The van der Waals surface area contributed by atoms with Crippen LogP contribution in [0.25, 0.3) is 0 Å². The molecule has 0 spiro atoms. The van der Waals surface area contributed by atoms with Gasteiger partial charge in [0.15, 0.2) is 0 Å². The van der Waals surface area contributed by atoms with Gasteiger partial charge in [0.05, 0.1) is 11.3 Å². The van der Waals surface area contributed by atoms with Crippen LogP contribution in [0.15, 0.2) is 24.8 Å². The summed E-state index contributed by atoms with van der Waals surface area (Å²) in [4.78, 5) is 14.8. The van der Waals surface area contributed by atoms with Gasteiger partial charge >= 0.3 is 0 Å². The number of H-pyrrole nitrogens is 1. The Morgan fingerprint density at radius 3 is 2.20 bits per heavy atom. The van der Waals surface area contributed by atoms with E-state index >= 15 is 0 Å². The van der Waals surface area contributed by atoms with Gasteiger partial charge in [-0.15, -0.1) is 0 Å². The Kier molecular flexibility index (Phi) is 4.49. The molecule has 0 aliphatic rings. The molecule has 1 aromatic heterocycles. The first kappa shape index (κ1) is 8.28. The second kappa shape index (κ2) is 5.42. The lowest BCUT2D eigenvalue weighted by atomic mass is 10.7. The number of aromatic amines is 1. The summed E-state index contributed by atoms with van der Waals surface area (Å²) < 4.78 is 0. The van der Waals surface area contributed by atoms with E-state index in [9.17, 15) is 0 Å². The second-order valence-corrected chi connectivity index (χ2v) is 1.18. The Morgan fingerprint density at radius 1 is 1.50 bits per heavy atom. The van der Waals surface area contributed by atoms with Crippen molar-refractivity contribution in [2.24, 2.45) is 0 Å². The van der Waals surface area contributed by atoms with Gasteiger partial charge in [0.25, 0.3) is 6.33 Å². The van der Waals surface area contributed by atoms with Crippen molar-refractivity contribution in [3.05, 3.63) is 40.1 Å². The van der Waals surface area contributed by atoms with Crippen LogP contribution in [0.1, 0.15) is 0 Å². The van der Waals surface area contributed by atoms with Crippen LogP contribution in [0.3, 0.4) is 0 Å². The van der Waals surface area contributed by atoms with Gasteiger partial charge in [0.2, 0.25) is 0 Å². The molecule has 1 N–H and O–H groups in total. The SMILES string of the molecule is O=[N+]([O-])[O-].c1cnc[nH+]c1. The zero-order chi connectivity index (χ0) is 7.82. The first-order valence-corrected chi connectivity index (χ1v) is 2.31. The van der Waals surface area contributed by atoms with Crippen LogP contribution >= 0.6 is 0 Å². The van der Waals surface area contributed by atoms with E-state index in [1.54, 1.807) is 12.5 Å². The molecular formula is C4H5N3O3. The van der Waals surface area contributed by atoms with Crippen LogP contribution in [0.2, 0.25) is 0 Å². The average Bonchev–Trinajstić information content (AvgIpc) is 1.90. The van der Waals surface area contributed by atoms with Crippen LogP contribution in [0, 0.1) is 15.3 Å². The zero-order valence-corrected chi connectivity index (χ0v) is 4.93. The number of rotatable bonds is 0. The fraction of sp³-hybridized carbons (Fsp3) is 0. The van der Waals surface area contributed by atoms with Gasteiger partial charge in [0, 0.05) is 6.07 Å². The van der Waals surface area contributed by atoms with Gasteiger partial charge in [-0.1, -0.05) is 4.98 Å². The molecule has 54 valence electrons. The smallest absolute Gasteiger partial charge is 0.283 e. The number of aromatic nitrogens is 2. The van der Waals surface area contributed by atoms with Gasteiger partial charge in [0.1, 0.15) is 6.20 Å². The van der Waals surface area contributed by atoms with Crippen molar-refractivity contribution in [1.82, 2.24) is 4.98 Å². The lowest BCUT2D eigenvalue weighted by Crippen LogP contribution is -1.96. The van der Waals surface area contributed by atoms with Gasteiger partial charge in [-0.25, -0.2) is 0 Å². The molecule has 0 saturated carbocycles. The van der Waals surface area contributed by atoms with Gasteiger partial charge in [-0.05, 0) is 0 Å². The highest BCUT2D eigenvalue weighted by atomic mass is 16.9. The Hall–Kier alpha value is -1.72. The highest BCUT2D eigenvalue weighted by Crippen LogP contribution is 1.60. The van der Waals surface area contributed by atoms with E-state index in [0.29, 0.717) is 0 Å². The van der Waals surface area contributed by atoms with E-state index in [1.807, 2.05) is 12.3 Å². The first-order chi connectivity index (χ1) is 4.73. The first-order valence-electron chi connectivity index (χ1n) is 2.31. The van der Waals surface area contributed by atoms with Crippen molar-refractivity contribution in [2.45, 2.75) is 0 Å². The van der Waals surface area contributed by atoms with Crippen LogP contribution in [-0.2, 0) is 0 Å². The van der Waals surface area contributed by atoms with E-state index in [2.05, 4.69) is 9.97 Å². The number of nitrogens with zero attached hydrogens (tertiary/aromatic N) is 2. The van der Waals surface area contributed by atoms with Crippen molar-refractivity contribution in [3.63, 3.8) is 0 Å². The van der Waals surface area contributed by atoms with Crippen LogP contribution in [-0.4, -0.2) is 10.1 Å². The van der Waals surface area contributed by atoms with E-state index in [0.717, 1.165) is 0 Å². The molecule has 0 fully saturated rings. The molecule has 0 aliphatic heterocycles. The fourth-order valence-corrected chi connectivity index (χ4v) is 0.277. The molecule has 0 aliphatic carbocycles. The number of hydrogen-bond donors (Lipinski definition) is 0. The van der Waals surface area contributed by atoms with Crippen molar-refractivity contribution in [1.29, 1.82) is 0 Å². The summed E-state index contributed by atoms with van der Waals surface area (Å²) in [6, 6.07) is 1.83. The van der Waals surface area contributed by atoms with Crippen molar-refractivity contribution in [2.75, 3.05) is 0 Å². The summed E-state index contributed by atoms with van der Waals surface area (Å²) in [6.07, 6.45) is 5.16. The summed E-state index contributed by atoms with van der Waals surface area (Å²) in [5, 5.41) is 14.8. The standard InChI is InChI=1S/C4H4N2.NO3/c1-2-5-4-6-3-1;2-1(3)4/h1-4H;/q;-1/p+1. The summed E-state index contributed by atoms with van der Waals surface area (Å²) >= 11 is 0. The molecule has 0 amide bonds. The summed E-state index contributed by atoms with van der Waals surface area (Å²) in [6.45, 7) is 0. The maximum absolute atomic E-state index is 8.25. The molecule has 0 unspecified atom stereocenters. The van der Waals surface area contributed by atoms with Crippen molar-refractivity contribution < 1.29 is 10.1 Å². The minimum Gasteiger partial charge on any atom is -0.356 e. The summed E-state index contributed by atoms with van der Waals surface area (Å²) in [5.41, 5.74) is 0. The minimum absolute atomic E-state index is 1.62. The molecule has 0 radical (unpaired) electrons. The average molecular weight is 143 g/mol. The maximum atomic E-state index is 8.25. The molecule has 10 heavy (non-hydrogen) atoms. The molecule has 1 aromatic rings. The largest absolute Gasteiger partial charge is 0.356 e. The Bertz CT molecular complexity index is 148. The number of hydrogen-bond acceptors (Lipinski definition) is 4. The Labute approximate surface area is 56.3 Å². The predicted octanol–water partition coefficient (Wildman–Crippen LogP) is -0.343. The molecule has 0 bridgehead atoms. The number of nitrogens with one attached hydrogen (secondary N) is 1. The van der Waals surface area contributed by atoms with Gasteiger partial charge in [-0.3, -0.25) is 4.98 Å². The zero-order valence-electron chi connectivity index (χ0n) is 4.93. The van der Waals surface area contributed by atoms with Crippen LogP contribution < -0.4 is 4.98 Å². The third kappa shape index (κ3) is 9.56. The molecule has 0 atom stereocenters. The maximum Gasteiger partial charge on any atom is 0.283 e. The predicted molar refractivity (Wildman–Crippen MR) is 31.2 cm³/mol. The fourth-order valence-electron chi connectivity index (χ4n) is 0.277. The normalized spacial score (nSPS) is 7.20. The van der Waals surface area contributed by atoms with E-state index in [1.165, 1.54) is 0 Å². The molecule has 6 heteroatoms. The third-order valence-electron chi connectivity index (χ3n) is 0.514. The van der Waals surface area contributed by atoms with Crippen LogP contribution in [0.4, 0.5) is 0 Å². The summed E-state index contributed by atoms with van der Waals surface area (Å²) in [7, 11) is 0. The van der Waals surface area contributed by atoms with Crippen molar-refractivity contribution in [3.8, 4) is 0 Å². The molecular weight excluding hydrogens is 138 g/mol. The highest BCUT2D eigenvalue weighted by Gasteiger charge is 1.69. The van der Waals surface area contributed by atoms with Crippen LogP contribution in [0.5, 0.6) is 0 Å². The van der Waals surface area contributed by atoms with Crippen molar-refractivity contribution >= 4 is 0 Å². The summed E-state index contributed by atoms with van der Waals surface area (Å²) in [5.74, 6) is 0.